The zero-order valence-corrected chi connectivity index (χ0v) is 14.4. The van der Waals surface area contributed by atoms with E-state index >= 15 is 0 Å². The third-order valence-corrected chi connectivity index (χ3v) is 5.89. The fraction of sp³-hybridized carbons (Fsp3) is 0.667. The van der Waals surface area contributed by atoms with Crippen LogP contribution in [-0.4, -0.2) is 22.5 Å². The van der Waals surface area contributed by atoms with Crippen LogP contribution >= 0.6 is 11.8 Å². The zero-order chi connectivity index (χ0) is 15.1. The van der Waals surface area contributed by atoms with Crippen LogP contribution in [0.2, 0.25) is 0 Å². The van der Waals surface area contributed by atoms with Gasteiger partial charge in [0.2, 0.25) is 0 Å². The third kappa shape index (κ3) is 4.02. The quantitative estimate of drug-likeness (QED) is 0.872. The van der Waals surface area contributed by atoms with Gasteiger partial charge in [0, 0.05) is 22.7 Å². The molecule has 1 saturated heterocycles. The molecule has 116 valence electrons. The van der Waals surface area contributed by atoms with Gasteiger partial charge in [-0.25, -0.2) is 0 Å². The van der Waals surface area contributed by atoms with Gasteiger partial charge in [-0.3, -0.25) is 0 Å². The van der Waals surface area contributed by atoms with E-state index in [-0.39, 0.29) is 11.2 Å². The second kappa shape index (κ2) is 5.60. The van der Waals surface area contributed by atoms with E-state index in [1.807, 2.05) is 11.8 Å². The van der Waals surface area contributed by atoms with E-state index in [4.69, 9.17) is 4.74 Å². The van der Waals surface area contributed by atoms with Crippen molar-refractivity contribution in [2.24, 2.45) is 0 Å². The summed E-state index contributed by atoms with van der Waals surface area (Å²) in [5, 5.41) is 4.10. The van der Waals surface area contributed by atoms with Crippen LogP contribution in [0.5, 0.6) is 0 Å². The maximum absolute atomic E-state index is 6.21. The number of nitrogens with one attached hydrogen (secondary N) is 1. The van der Waals surface area contributed by atoms with Crippen molar-refractivity contribution in [1.82, 2.24) is 5.32 Å². The average molecular weight is 305 g/mol. The maximum Gasteiger partial charge on any atom is 0.0756 e. The number of thioether (sulfide) groups is 1. The normalized spacial score (nSPS) is 27.0. The van der Waals surface area contributed by atoms with Gasteiger partial charge in [-0.2, -0.15) is 0 Å². The van der Waals surface area contributed by atoms with Crippen LogP contribution in [0.3, 0.4) is 0 Å². The third-order valence-electron chi connectivity index (χ3n) is 4.34. The highest BCUT2D eigenvalue weighted by Crippen LogP contribution is 2.46. The fourth-order valence-corrected chi connectivity index (χ4v) is 4.66. The van der Waals surface area contributed by atoms with Crippen LogP contribution in [0.25, 0.3) is 0 Å². The first-order valence-corrected chi connectivity index (χ1v) is 8.91. The van der Waals surface area contributed by atoms with E-state index in [0.29, 0.717) is 5.25 Å². The standard InChI is InChI=1S/C18H27NOS/c1-17(2)11-16(18(3,4)20-17)21-15-7-5-6-13(10-15)12-19-14-8-9-14/h5-7,10,14,16,19H,8-9,11-12H2,1-4H3. The van der Waals surface area contributed by atoms with Gasteiger partial charge in [0.15, 0.2) is 0 Å². The molecule has 1 aromatic rings. The highest BCUT2D eigenvalue weighted by Gasteiger charge is 2.46. The highest BCUT2D eigenvalue weighted by atomic mass is 32.2. The van der Waals surface area contributed by atoms with Crippen molar-refractivity contribution >= 4 is 11.8 Å². The summed E-state index contributed by atoms with van der Waals surface area (Å²) in [5.74, 6) is 0. The molecule has 21 heavy (non-hydrogen) atoms. The fourth-order valence-electron chi connectivity index (χ4n) is 3.14. The molecule has 1 atom stereocenters. The molecule has 1 heterocycles. The first-order chi connectivity index (χ1) is 9.84. The van der Waals surface area contributed by atoms with Crippen LogP contribution in [0.4, 0.5) is 0 Å². The topological polar surface area (TPSA) is 21.3 Å². The number of rotatable bonds is 5. The molecule has 1 N–H and O–H groups in total. The zero-order valence-electron chi connectivity index (χ0n) is 13.6. The monoisotopic (exact) mass is 305 g/mol. The molecule has 0 amide bonds. The van der Waals surface area contributed by atoms with E-state index in [1.54, 1.807) is 0 Å². The smallest absolute Gasteiger partial charge is 0.0756 e. The Morgan fingerprint density at radius 1 is 1.24 bits per heavy atom. The van der Waals surface area contributed by atoms with Crippen molar-refractivity contribution in [3.05, 3.63) is 29.8 Å². The van der Waals surface area contributed by atoms with Crippen LogP contribution in [0.15, 0.2) is 29.2 Å². The SMILES string of the molecule is CC1(C)CC(Sc2cccc(CNC3CC3)c2)C(C)(C)O1. The predicted octanol–water partition coefficient (Wildman–Crippen LogP) is 4.38. The van der Waals surface area contributed by atoms with E-state index < -0.39 is 0 Å². The summed E-state index contributed by atoms with van der Waals surface area (Å²) < 4.78 is 6.21. The lowest BCUT2D eigenvalue weighted by atomic mass is 10.0. The van der Waals surface area contributed by atoms with Crippen molar-refractivity contribution in [2.45, 2.75) is 80.9 Å². The lowest BCUT2D eigenvalue weighted by Crippen LogP contribution is -2.30. The molecular weight excluding hydrogens is 278 g/mol. The largest absolute Gasteiger partial charge is 0.368 e. The number of benzene rings is 1. The van der Waals surface area contributed by atoms with E-state index in [2.05, 4.69) is 57.3 Å². The second-order valence-corrected chi connectivity index (χ2v) is 8.85. The Morgan fingerprint density at radius 2 is 2.00 bits per heavy atom. The molecular formula is C18H27NOS. The van der Waals surface area contributed by atoms with Crippen molar-refractivity contribution in [1.29, 1.82) is 0 Å². The highest BCUT2D eigenvalue weighted by molar-refractivity contribution is 8.00. The summed E-state index contributed by atoms with van der Waals surface area (Å²) in [4.78, 5) is 1.37. The minimum atomic E-state index is -0.0591. The second-order valence-electron chi connectivity index (χ2n) is 7.58. The molecule has 0 spiro atoms. The molecule has 2 nitrogen and oxygen atoms in total. The Kier molecular flexibility index (Phi) is 4.10. The van der Waals surface area contributed by atoms with Gasteiger partial charge in [0.1, 0.15) is 0 Å². The molecule has 3 heteroatoms. The van der Waals surface area contributed by atoms with Crippen LogP contribution in [0.1, 0.15) is 52.5 Å². The minimum Gasteiger partial charge on any atom is -0.368 e. The summed E-state index contributed by atoms with van der Waals surface area (Å²) in [5.41, 5.74) is 1.32. The number of hydrogen-bond donors (Lipinski definition) is 1. The van der Waals surface area contributed by atoms with Gasteiger partial charge in [-0.1, -0.05) is 12.1 Å². The first kappa shape index (κ1) is 15.4. The molecule has 1 unspecified atom stereocenters. The Hall–Kier alpha value is -0.510. The van der Waals surface area contributed by atoms with Gasteiger partial charge in [-0.15, -0.1) is 11.8 Å². The lowest BCUT2D eigenvalue weighted by molar-refractivity contribution is -0.0631. The summed E-state index contributed by atoms with van der Waals surface area (Å²) in [6.07, 6.45) is 3.80. The summed E-state index contributed by atoms with van der Waals surface area (Å²) in [6, 6.07) is 9.73. The van der Waals surface area contributed by atoms with Crippen LogP contribution in [0, 0.1) is 0 Å². The Labute approximate surface area is 133 Å². The van der Waals surface area contributed by atoms with Crippen molar-refractivity contribution in [2.75, 3.05) is 0 Å². The Bertz CT molecular complexity index is 508. The summed E-state index contributed by atoms with van der Waals surface area (Å²) in [6.45, 7) is 9.83. The summed E-state index contributed by atoms with van der Waals surface area (Å²) in [7, 11) is 0. The number of hydrogen-bond acceptors (Lipinski definition) is 3. The van der Waals surface area contributed by atoms with Gasteiger partial charge < -0.3 is 10.1 Å². The molecule has 0 bridgehead atoms. The van der Waals surface area contributed by atoms with E-state index in [9.17, 15) is 0 Å². The molecule has 1 saturated carbocycles. The molecule has 0 radical (unpaired) electrons. The van der Waals surface area contributed by atoms with Crippen molar-refractivity contribution < 1.29 is 4.74 Å². The van der Waals surface area contributed by atoms with E-state index in [0.717, 1.165) is 19.0 Å². The van der Waals surface area contributed by atoms with Crippen LogP contribution < -0.4 is 5.32 Å². The molecule has 1 aliphatic carbocycles. The molecule has 1 aromatic carbocycles. The average Bonchev–Trinajstić information content (AvgIpc) is 3.15. The molecule has 0 aromatic heterocycles. The number of ether oxygens (including phenoxy) is 1. The minimum absolute atomic E-state index is 0.00763. The van der Waals surface area contributed by atoms with E-state index in [1.165, 1.54) is 23.3 Å². The molecule has 2 fully saturated rings. The van der Waals surface area contributed by atoms with Crippen LogP contribution in [-0.2, 0) is 11.3 Å². The predicted molar refractivity (Wildman–Crippen MR) is 89.8 cm³/mol. The molecule has 1 aliphatic heterocycles. The molecule has 2 aliphatic rings. The summed E-state index contributed by atoms with van der Waals surface area (Å²) >= 11 is 1.97. The van der Waals surface area contributed by atoms with Crippen molar-refractivity contribution in [3.63, 3.8) is 0 Å². The lowest BCUT2D eigenvalue weighted by Gasteiger charge is -2.27. The van der Waals surface area contributed by atoms with Gasteiger partial charge in [0.05, 0.1) is 11.2 Å². The maximum atomic E-state index is 6.21. The Morgan fingerprint density at radius 3 is 2.62 bits per heavy atom. The molecule has 3 rings (SSSR count). The first-order valence-electron chi connectivity index (χ1n) is 8.03. The van der Waals surface area contributed by atoms with Gasteiger partial charge in [-0.05, 0) is 64.7 Å². The Balaban J connectivity index is 1.65. The van der Waals surface area contributed by atoms with Crippen molar-refractivity contribution in [3.8, 4) is 0 Å². The van der Waals surface area contributed by atoms with Gasteiger partial charge >= 0.3 is 0 Å². The van der Waals surface area contributed by atoms with Gasteiger partial charge in [0.25, 0.3) is 0 Å².